The molecule has 25 heavy (non-hydrogen) atoms. The highest BCUT2D eigenvalue weighted by atomic mass is 16.5. The van der Waals surface area contributed by atoms with E-state index in [0.717, 1.165) is 35.7 Å². The first-order valence-corrected chi connectivity index (χ1v) is 7.68. The van der Waals surface area contributed by atoms with Crippen LogP contribution in [0.1, 0.15) is 39.0 Å². The average Bonchev–Trinajstić information content (AvgIpc) is 2.97. The Labute approximate surface area is 143 Å². The van der Waals surface area contributed by atoms with E-state index in [2.05, 4.69) is 15.3 Å². The van der Waals surface area contributed by atoms with Crippen molar-refractivity contribution in [1.29, 1.82) is 0 Å². The Kier molecular flexibility index (Phi) is 4.51. The molecule has 0 saturated heterocycles. The molecule has 1 aromatic carbocycles. The van der Waals surface area contributed by atoms with Gasteiger partial charge in [0.15, 0.2) is 5.69 Å². The quantitative estimate of drug-likeness (QED) is 0.845. The van der Waals surface area contributed by atoms with Crippen LogP contribution in [0.4, 0.5) is 0 Å². The number of carbonyl (C=O) groups is 2. The minimum Gasteiger partial charge on any atom is -0.496 e. The molecule has 3 rings (SSSR count). The molecule has 1 amide bonds. The maximum Gasteiger partial charge on any atom is 0.356 e. The van der Waals surface area contributed by atoms with Crippen LogP contribution in [0.25, 0.3) is 0 Å². The highest BCUT2D eigenvalue weighted by Gasteiger charge is 2.22. The third-order valence-corrected chi connectivity index (χ3v) is 3.84. The van der Waals surface area contributed by atoms with E-state index in [-0.39, 0.29) is 24.0 Å². The lowest BCUT2D eigenvalue weighted by atomic mass is 10.1. The molecule has 0 saturated carbocycles. The monoisotopic (exact) mass is 343 g/mol. The SMILES string of the molecule is COc1cc2c(cc1CNC(=O)c1cnc(C(=O)O)cn1)OC(C)C2. The van der Waals surface area contributed by atoms with Gasteiger partial charge in [-0.1, -0.05) is 0 Å². The van der Waals surface area contributed by atoms with Gasteiger partial charge in [-0.05, 0) is 19.1 Å². The van der Waals surface area contributed by atoms with Crippen molar-refractivity contribution in [2.45, 2.75) is 26.0 Å². The minimum absolute atomic E-state index is 0.0370. The summed E-state index contributed by atoms with van der Waals surface area (Å²) in [7, 11) is 1.57. The van der Waals surface area contributed by atoms with Crippen LogP contribution in [0.2, 0.25) is 0 Å². The molecule has 1 unspecified atom stereocenters. The summed E-state index contributed by atoms with van der Waals surface area (Å²) in [5, 5.41) is 11.5. The number of hydrogen-bond acceptors (Lipinski definition) is 6. The Morgan fingerprint density at radius 2 is 2.04 bits per heavy atom. The second kappa shape index (κ2) is 6.76. The van der Waals surface area contributed by atoms with Gasteiger partial charge in [-0.3, -0.25) is 4.79 Å². The number of carboxylic acids is 1. The molecule has 2 N–H and O–H groups in total. The highest BCUT2D eigenvalue weighted by Crippen LogP contribution is 2.34. The van der Waals surface area contributed by atoms with Crippen LogP contribution in [0, 0.1) is 0 Å². The van der Waals surface area contributed by atoms with Crippen LogP contribution in [0.3, 0.4) is 0 Å². The Bertz CT molecular complexity index is 820. The van der Waals surface area contributed by atoms with E-state index in [9.17, 15) is 9.59 Å². The molecule has 1 aliphatic rings. The average molecular weight is 343 g/mol. The van der Waals surface area contributed by atoms with Gasteiger partial charge in [-0.25, -0.2) is 14.8 Å². The van der Waals surface area contributed by atoms with Crippen molar-refractivity contribution in [2.24, 2.45) is 0 Å². The number of hydrogen-bond donors (Lipinski definition) is 2. The molecule has 8 heteroatoms. The predicted molar refractivity (Wildman–Crippen MR) is 86.9 cm³/mol. The van der Waals surface area contributed by atoms with Gasteiger partial charge in [0.1, 0.15) is 23.3 Å². The predicted octanol–water partition coefficient (Wildman–Crippen LogP) is 1.44. The second-order valence-electron chi connectivity index (χ2n) is 5.68. The molecule has 8 nitrogen and oxygen atoms in total. The smallest absolute Gasteiger partial charge is 0.356 e. The lowest BCUT2D eigenvalue weighted by Gasteiger charge is -2.12. The van der Waals surface area contributed by atoms with Crippen LogP contribution in [0.15, 0.2) is 24.5 Å². The number of amides is 1. The van der Waals surface area contributed by atoms with Gasteiger partial charge in [0.05, 0.1) is 19.5 Å². The van der Waals surface area contributed by atoms with E-state index >= 15 is 0 Å². The number of nitrogens with zero attached hydrogens (tertiary/aromatic N) is 2. The summed E-state index contributed by atoms with van der Waals surface area (Å²) in [6.45, 7) is 2.21. The maximum atomic E-state index is 12.2. The number of rotatable bonds is 5. The molecule has 1 aromatic heterocycles. The molecule has 2 heterocycles. The molecule has 130 valence electrons. The van der Waals surface area contributed by atoms with Crippen LogP contribution in [-0.4, -0.2) is 40.2 Å². The zero-order chi connectivity index (χ0) is 18.0. The summed E-state index contributed by atoms with van der Waals surface area (Å²) < 4.78 is 11.1. The fourth-order valence-corrected chi connectivity index (χ4v) is 2.63. The second-order valence-corrected chi connectivity index (χ2v) is 5.68. The summed E-state index contributed by atoms with van der Waals surface area (Å²) in [5.74, 6) is -0.190. The summed E-state index contributed by atoms with van der Waals surface area (Å²) >= 11 is 0. The number of methoxy groups -OCH3 is 1. The van der Waals surface area contributed by atoms with Gasteiger partial charge < -0.3 is 19.9 Å². The lowest BCUT2D eigenvalue weighted by Crippen LogP contribution is -2.24. The van der Waals surface area contributed by atoms with Crippen molar-refractivity contribution < 1.29 is 24.2 Å². The molecular formula is C17H17N3O5. The Balaban J connectivity index is 1.72. The lowest BCUT2D eigenvalue weighted by molar-refractivity contribution is 0.0689. The number of fused-ring (bicyclic) bond motifs is 1. The number of carboxylic acid groups (broad SMARTS) is 1. The molecule has 0 aliphatic carbocycles. The molecule has 0 bridgehead atoms. The van der Waals surface area contributed by atoms with Crippen LogP contribution in [0.5, 0.6) is 11.5 Å². The van der Waals surface area contributed by atoms with Crippen LogP contribution < -0.4 is 14.8 Å². The number of nitrogens with one attached hydrogen (secondary N) is 1. The first kappa shape index (κ1) is 16.7. The normalized spacial score (nSPS) is 15.2. The van der Waals surface area contributed by atoms with Gasteiger partial charge in [-0.2, -0.15) is 0 Å². The zero-order valence-electron chi connectivity index (χ0n) is 13.8. The largest absolute Gasteiger partial charge is 0.496 e. The standard InChI is InChI=1S/C17H17N3O5/c1-9-3-10-4-14(24-2)11(5-15(10)25-9)6-20-16(21)12-7-19-13(8-18-12)17(22)23/h4-5,7-9H,3,6H2,1-2H3,(H,20,21)(H,22,23). The van der Waals surface area contributed by atoms with Gasteiger partial charge in [0.2, 0.25) is 0 Å². The Morgan fingerprint density at radius 3 is 2.68 bits per heavy atom. The van der Waals surface area contributed by atoms with Gasteiger partial charge in [0, 0.05) is 24.1 Å². The number of aromatic carboxylic acids is 1. The third-order valence-electron chi connectivity index (χ3n) is 3.84. The zero-order valence-corrected chi connectivity index (χ0v) is 13.8. The van der Waals surface area contributed by atoms with Gasteiger partial charge in [-0.15, -0.1) is 0 Å². The minimum atomic E-state index is -1.20. The molecule has 0 radical (unpaired) electrons. The number of ether oxygens (including phenoxy) is 2. The summed E-state index contributed by atoms with van der Waals surface area (Å²) in [4.78, 5) is 30.4. The van der Waals surface area contributed by atoms with Crippen molar-refractivity contribution in [3.05, 3.63) is 47.0 Å². The first-order valence-electron chi connectivity index (χ1n) is 7.68. The fourth-order valence-electron chi connectivity index (χ4n) is 2.63. The van der Waals surface area contributed by atoms with Crippen molar-refractivity contribution in [2.75, 3.05) is 7.11 Å². The van der Waals surface area contributed by atoms with Crippen molar-refractivity contribution in [3.63, 3.8) is 0 Å². The summed E-state index contributed by atoms with van der Waals surface area (Å²) in [6.07, 6.45) is 3.11. The number of benzene rings is 1. The highest BCUT2D eigenvalue weighted by molar-refractivity contribution is 5.92. The summed E-state index contributed by atoms with van der Waals surface area (Å²) in [5.41, 5.74) is 1.67. The maximum absolute atomic E-state index is 12.2. The Morgan fingerprint density at radius 1 is 1.32 bits per heavy atom. The molecule has 1 aliphatic heterocycles. The number of carbonyl (C=O) groups excluding carboxylic acids is 1. The van der Waals surface area contributed by atoms with Crippen molar-refractivity contribution in [3.8, 4) is 11.5 Å². The van der Waals surface area contributed by atoms with Gasteiger partial charge >= 0.3 is 5.97 Å². The van der Waals surface area contributed by atoms with E-state index in [1.54, 1.807) is 7.11 Å². The van der Waals surface area contributed by atoms with Crippen molar-refractivity contribution in [1.82, 2.24) is 15.3 Å². The van der Waals surface area contributed by atoms with E-state index in [1.807, 2.05) is 19.1 Å². The van der Waals surface area contributed by atoms with Crippen LogP contribution in [-0.2, 0) is 13.0 Å². The first-order chi connectivity index (χ1) is 12.0. The van der Waals surface area contributed by atoms with Crippen molar-refractivity contribution >= 4 is 11.9 Å². The molecule has 2 aromatic rings. The number of aromatic nitrogens is 2. The molecule has 1 atom stereocenters. The van der Waals surface area contributed by atoms with E-state index < -0.39 is 11.9 Å². The Hall–Kier alpha value is -3.16. The van der Waals surface area contributed by atoms with E-state index in [4.69, 9.17) is 14.6 Å². The third kappa shape index (κ3) is 3.52. The molecular weight excluding hydrogens is 326 g/mol. The topological polar surface area (TPSA) is 111 Å². The summed E-state index contributed by atoms with van der Waals surface area (Å²) in [6, 6.07) is 3.78. The van der Waals surface area contributed by atoms with E-state index in [0.29, 0.717) is 5.75 Å². The van der Waals surface area contributed by atoms with Crippen LogP contribution >= 0.6 is 0 Å². The molecule has 0 fully saturated rings. The molecule has 0 spiro atoms. The van der Waals surface area contributed by atoms with Gasteiger partial charge in [0.25, 0.3) is 5.91 Å². The van der Waals surface area contributed by atoms with E-state index in [1.165, 1.54) is 0 Å². The fraction of sp³-hybridized carbons (Fsp3) is 0.294.